The Morgan fingerprint density at radius 1 is 1.26 bits per heavy atom. The maximum absolute atomic E-state index is 12.5. The van der Waals surface area contributed by atoms with Gasteiger partial charge in [0.05, 0.1) is 33.1 Å². The molecule has 2 N–H and O–H groups in total. The molecule has 2 aromatic rings. The molecular formula is C22H25N3O6. The number of rotatable bonds is 8. The largest absolute Gasteiger partial charge is 0.493 e. The van der Waals surface area contributed by atoms with Crippen molar-refractivity contribution >= 4 is 17.8 Å². The smallest absolute Gasteiger partial charge is 0.325 e. The SMILES string of the molecule is COc1cc2c(cc1OC)[C@@H](NC(=O)CC[C@@H]1NC(=O)N(Cc3ccco3)C1=O)CC2. The predicted octanol–water partition coefficient (Wildman–Crippen LogP) is 2.30. The minimum atomic E-state index is -0.714. The van der Waals surface area contributed by atoms with Gasteiger partial charge in [-0.05, 0) is 54.7 Å². The molecule has 0 bridgehead atoms. The van der Waals surface area contributed by atoms with Gasteiger partial charge in [-0.2, -0.15) is 0 Å². The van der Waals surface area contributed by atoms with Gasteiger partial charge in [0.15, 0.2) is 11.5 Å². The molecule has 0 unspecified atom stereocenters. The molecule has 9 nitrogen and oxygen atoms in total. The first-order valence-corrected chi connectivity index (χ1v) is 10.2. The third-order valence-electron chi connectivity index (χ3n) is 5.72. The van der Waals surface area contributed by atoms with Crippen molar-refractivity contribution in [1.82, 2.24) is 15.5 Å². The first kappa shape index (κ1) is 20.8. The van der Waals surface area contributed by atoms with Gasteiger partial charge in [-0.1, -0.05) is 0 Å². The van der Waals surface area contributed by atoms with Crippen molar-refractivity contribution in [3.05, 3.63) is 47.4 Å². The van der Waals surface area contributed by atoms with E-state index in [4.69, 9.17) is 13.9 Å². The number of imide groups is 1. The van der Waals surface area contributed by atoms with Crippen LogP contribution in [-0.4, -0.2) is 43.0 Å². The van der Waals surface area contributed by atoms with Crippen LogP contribution in [0, 0.1) is 0 Å². The predicted molar refractivity (Wildman–Crippen MR) is 110 cm³/mol. The van der Waals surface area contributed by atoms with E-state index >= 15 is 0 Å². The molecule has 9 heteroatoms. The van der Waals surface area contributed by atoms with E-state index in [1.54, 1.807) is 26.4 Å². The Morgan fingerprint density at radius 2 is 2.03 bits per heavy atom. The van der Waals surface area contributed by atoms with E-state index in [1.807, 2.05) is 12.1 Å². The fourth-order valence-electron chi connectivity index (χ4n) is 4.11. The Labute approximate surface area is 179 Å². The van der Waals surface area contributed by atoms with Gasteiger partial charge in [0.1, 0.15) is 11.8 Å². The molecule has 1 aromatic heterocycles. The van der Waals surface area contributed by atoms with E-state index in [0.717, 1.165) is 28.9 Å². The second-order valence-corrected chi connectivity index (χ2v) is 7.61. The quantitative estimate of drug-likeness (QED) is 0.626. The molecule has 164 valence electrons. The number of carbonyl (C=O) groups is 3. The number of urea groups is 1. The third-order valence-corrected chi connectivity index (χ3v) is 5.72. The molecule has 1 aromatic carbocycles. The van der Waals surface area contributed by atoms with Crippen molar-refractivity contribution in [3.8, 4) is 11.5 Å². The number of nitrogens with one attached hydrogen (secondary N) is 2. The first-order chi connectivity index (χ1) is 15.0. The number of furan rings is 1. The fraction of sp³-hybridized carbons (Fsp3) is 0.409. The molecule has 2 atom stereocenters. The summed E-state index contributed by atoms with van der Waals surface area (Å²) >= 11 is 0. The summed E-state index contributed by atoms with van der Waals surface area (Å²) in [4.78, 5) is 38.3. The lowest BCUT2D eigenvalue weighted by atomic mass is 10.1. The summed E-state index contributed by atoms with van der Waals surface area (Å²) in [6.07, 6.45) is 3.47. The van der Waals surface area contributed by atoms with E-state index in [2.05, 4.69) is 10.6 Å². The van der Waals surface area contributed by atoms with Crippen molar-refractivity contribution in [2.24, 2.45) is 0 Å². The molecule has 0 radical (unpaired) electrons. The van der Waals surface area contributed by atoms with E-state index in [0.29, 0.717) is 17.3 Å². The second-order valence-electron chi connectivity index (χ2n) is 7.61. The van der Waals surface area contributed by atoms with Crippen LogP contribution in [0.4, 0.5) is 4.79 Å². The fourth-order valence-corrected chi connectivity index (χ4v) is 4.11. The minimum Gasteiger partial charge on any atom is -0.493 e. The number of ether oxygens (including phenoxy) is 2. The average Bonchev–Trinajstić information content (AvgIpc) is 3.48. The molecule has 31 heavy (non-hydrogen) atoms. The Bertz CT molecular complexity index is 987. The number of hydrogen-bond acceptors (Lipinski definition) is 6. The van der Waals surface area contributed by atoms with Crippen LogP contribution in [-0.2, 0) is 22.6 Å². The molecule has 0 saturated carbocycles. The Morgan fingerprint density at radius 3 is 2.74 bits per heavy atom. The Balaban J connectivity index is 1.33. The average molecular weight is 427 g/mol. The summed E-state index contributed by atoms with van der Waals surface area (Å²) in [5.74, 6) is 1.30. The molecule has 1 saturated heterocycles. The highest BCUT2D eigenvalue weighted by atomic mass is 16.5. The Hall–Kier alpha value is -3.49. The van der Waals surface area contributed by atoms with E-state index in [1.165, 1.54) is 6.26 Å². The monoisotopic (exact) mass is 427 g/mol. The summed E-state index contributed by atoms with van der Waals surface area (Å²) in [7, 11) is 3.17. The van der Waals surface area contributed by atoms with Gasteiger partial charge in [0.25, 0.3) is 5.91 Å². The topological polar surface area (TPSA) is 110 Å². The minimum absolute atomic E-state index is 0.0739. The van der Waals surface area contributed by atoms with Crippen molar-refractivity contribution < 1.29 is 28.3 Å². The summed E-state index contributed by atoms with van der Waals surface area (Å²) in [5.41, 5.74) is 2.13. The summed E-state index contributed by atoms with van der Waals surface area (Å²) in [5, 5.41) is 5.68. The lowest BCUT2D eigenvalue weighted by molar-refractivity contribution is -0.128. The molecular weight excluding hydrogens is 402 g/mol. The van der Waals surface area contributed by atoms with Crippen molar-refractivity contribution in [2.45, 2.75) is 44.3 Å². The van der Waals surface area contributed by atoms with Crippen LogP contribution in [0.25, 0.3) is 0 Å². The zero-order valence-corrected chi connectivity index (χ0v) is 17.5. The van der Waals surface area contributed by atoms with Gasteiger partial charge >= 0.3 is 6.03 Å². The number of amides is 4. The maximum Gasteiger partial charge on any atom is 0.325 e. The molecule has 1 aliphatic carbocycles. The molecule has 4 amide bonds. The summed E-state index contributed by atoms with van der Waals surface area (Å²) in [6.45, 7) is 0.0739. The van der Waals surface area contributed by atoms with Crippen molar-refractivity contribution in [1.29, 1.82) is 0 Å². The van der Waals surface area contributed by atoms with Gasteiger partial charge in [0.2, 0.25) is 5.91 Å². The van der Waals surface area contributed by atoms with E-state index in [-0.39, 0.29) is 37.2 Å². The standard InChI is InChI=1S/C22H25N3O6/c1-29-18-10-13-5-6-16(15(13)11-19(18)30-2)23-20(26)8-7-17-21(27)25(22(28)24-17)12-14-4-3-9-31-14/h3-4,9-11,16-17H,5-8,12H2,1-2H3,(H,23,26)(H,24,28)/t16-,17-/m0/s1. The van der Waals surface area contributed by atoms with Crippen LogP contribution in [0.5, 0.6) is 11.5 Å². The van der Waals surface area contributed by atoms with Gasteiger partial charge < -0.3 is 24.5 Å². The second kappa shape index (κ2) is 8.71. The molecule has 1 aliphatic heterocycles. The highest BCUT2D eigenvalue weighted by Gasteiger charge is 2.38. The third kappa shape index (κ3) is 4.21. The lowest BCUT2D eigenvalue weighted by Crippen LogP contribution is -2.33. The molecule has 1 fully saturated rings. The van der Waals surface area contributed by atoms with Crippen molar-refractivity contribution in [3.63, 3.8) is 0 Å². The Kier molecular flexibility index (Phi) is 5.83. The number of fused-ring (bicyclic) bond motifs is 1. The number of hydrogen-bond donors (Lipinski definition) is 2. The van der Waals surface area contributed by atoms with Crippen LogP contribution in [0.2, 0.25) is 0 Å². The number of carbonyl (C=O) groups excluding carboxylic acids is 3. The molecule has 2 aliphatic rings. The number of methoxy groups -OCH3 is 2. The van der Waals surface area contributed by atoms with E-state index in [9.17, 15) is 14.4 Å². The normalized spacial score (nSPS) is 19.9. The van der Waals surface area contributed by atoms with Crippen LogP contribution in [0.15, 0.2) is 34.9 Å². The van der Waals surface area contributed by atoms with Gasteiger partial charge in [-0.3, -0.25) is 14.5 Å². The number of aryl methyl sites for hydroxylation is 1. The lowest BCUT2D eigenvalue weighted by Gasteiger charge is -2.17. The molecule has 2 heterocycles. The van der Waals surface area contributed by atoms with Crippen LogP contribution >= 0.6 is 0 Å². The highest BCUT2D eigenvalue weighted by molar-refractivity contribution is 6.04. The zero-order valence-electron chi connectivity index (χ0n) is 17.5. The number of nitrogens with zero attached hydrogens (tertiary/aromatic N) is 1. The summed E-state index contributed by atoms with van der Waals surface area (Å²) in [6, 6.07) is 5.94. The van der Waals surface area contributed by atoms with Gasteiger partial charge in [0, 0.05) is 6.42 Å². The van der Waals surface area contributed by atoms with Crippen LogP contribution in [0.1, 0.15) is 42.2 Å². The molecule has 0 spiro atoms. The zero-order chi connectivity index (χ0) is 22.0. The summed E-state index contributed by atoms with van der Waals surface area (Å²) < 4.78 is 15.9. The maximum atomic E-state index is 12.5. The highest BCUT2D eigenvalue weighted by Crippen LogP contribution is 2.39. The molecule has 4 rings (SSSR count). The van der Waals surface area contributed by atoms with Gasteiger partial charge in [-0.25, -0.2) is 4.79 Å². The van der Waals surface area contributed by atoms with Crippen molar-refractivity contribution in [2.75, 3.05) is 14.2 Å². The van der Waals surface area contributed by atoms with Gasteiger partial charge in [-0.15, -0.1) is 0 Å². The van der Waals surface area contributed by atoms with Crippen LogP contribution < -0.4 is 20.1 Å². The van der Waals surface area contributed by atoms with Crippen LogP contribution in [0.3, 0.4) is 0 Å². The van der Waals surface area contributed by atoms with E-state index < -0.39 is 12.1 Å². The number of benzene rings is 1. The first-order valence-electron chi connectivity index (χ1n) is 10.2.